The van der Waals surface area contributed by atoms with Crippen LogP contribution in [0.2, 0.25) is 0 Å². The third-order valence-electron chi connectivity index (χ3n) is 5.26. The van der Waals surface area contributed by atoms with Crippen LogP contribution < -0.4 is 9.47 Å². The van der Waals surface area contributed by atoms with E-state index in [0.717, 1.165) is 11.6 Å². The Bertz CT molecular complexity index is 1080. The second kappa shape index (κ2) is 12.3. The molecular formula is C26H28O9. The first-order valence-electron chi connectivity index (χ1n) is 10.8. The lowest BCUT2D eigenvalue weighted by atomic mass is 9.99. The smallest absolute Gasteiger partial charge is 0.229 e. The zero-order valence-electron chi connectivity index (χ0n) is 19.0. The molecule has 2 aromatic carbocycles. The Balaban J connectivity index is 1.67. The van der Waals surface area contributed by atoms with E-state index in [0.29, 0.717) is 5.56 Å². The first kappa shape index (κ1) is 26.1. The Labute approximate surface area is 202 Å². The molecule has 2 aromatic rings. The summed E-state index contributed by atoms with van der Waals surface area (Å²) in [4.78, 5) is 12.0. The fourth-order valence-corrected chi connectivity index (χ4v) is 3.34. The van der Waals surface area contributed by atoms with Gasteiger partial charge in [0.15, 0.2) is 17.3 Å². The molecule has 5 N–H and O–H groups in total. The lowest BCUT2D eigenvalue weighted by molar-refractivity contribution is -0.277. The molecule has 1 aliphatic heterocycles. The van der Waals surface area contributed by atoms with Crippen molar-refractivity contribution in [3.63, 3.8) is 0 Å². The van der Waals surface area contributed by atoms with Crippen molar-refractivity contribution >= 4 is 17.9 Å². The third-order valence-corrected chi connectivity index (χ3v) is 5.26. The van der Waals surface area contributed by atoms with Gasteiger partial charge in [-0.2, -0.15) is 0 Å². The minimum atomic E-state index is -1.57. The number of allylic oxidation sites excluding steroid dienone is 3. The molecule has 0 aromatic heterocycles. The van der Waals surface area contributed by atoms with Crippen molar-refractivity contribution in [3.05, 3.63) is 83.6 Å². The highest BCUT2D eigenvalue weighted by Gasteiger charge is 2.44. The molecule has 0 amide bonds. The minimum Gasteiger partial charge on any atom is -0.508 e. The number of benzene rings is 2. The highest BCUT2D eigenvalue weighted by atomic mass is 16.7. The molecule has 0 spiro atoms. The van der Waals surface area contributed by atoms with E-state index in [9.17, 15) is 30.3 Å². The normalized spacial score (nSPS) is 25.2. The maximum absolute atomic E-state index is 12.0. The van der Waals surface area contributed by atoms with Crippen molar-refractivity contribution in [1.29, 1.82) is 0 Å². The van der Waals surface area contributed by atoms with Crippen LogP contribution in [-0.4, -0.2) is 75.7 Å². The lowest BCUT2D eigenvalue weighted by Crippen LogP contribution is -2.60. The Morgan fingerprint density at radius 1 is 0.943 bits per heavy atom. The minimum absolute atomic E-state index is 0.176. The van der Waals surface area contributed by atoms with Crippen LogP contribution in [0.4, 0.5) is 0 Å². The van der Waals surface area contributed by atoms with Gasteiger partial charge in [-0.15, -0.1) is 0 Å². The van der Waals surface area contributed by atoms with Gasteiger partial charge in [0, 0.05) is 6.08 Å². The third kappa shape index (κ3) is 7.01. The molecule has 1 heterocycles. The van der Waals surface area contributed by atoms with Gasteiger partial charge in [0.2, 0.25) is 6.29 Å². The maximum atomic E-state index is 12.0. The quantitative estimate of drug-likeness (QED) is 0.204. The molecule has 9 heteroatoms. The van der Waals surface area contributed by atoms with Crippen molar-refractivity contribution in [2.24, 2.45) is 0 Å². The molecule has 1 aliphatic rings. The van der Waals surface area contributed by atoms with Crippen LogP contribution >= 0.6 is 0 Å². The molecule has 1 fully saturated rings. The number of rotatable bonds is 9. The summed E-state index contributed by atoms with van der Waals surface area (Å²) in [6.07, 6.45) is -0.0973. The van der Waals surface area contributed by atoms with Crippen molar-refractivity contribution < 1.29 is 44.5 Å². The van der Waals surface area contributed by atoms with Crippen LogP contribution in [0.5, 0.6) is 11.5 Å². The molecule has 0 saturated carbocycles. The van der Waals surface area contributed by atoms with E-state index in [2.05, 4.69) is 0 Å². The average Bonchev–Trinajstić information content (AvgIpc) is 2.87. The summed E-state index contributed by atoms with van der Waals surface area (Å²) in [5, 5.41) is 49.3. The molecule has 5 atom stereocenters. The number of hydrogen-bond acceptors (Lipinski definition) is 9. The number of ketones is 1. The first-order valence-corrected chi connectivity index (χ1v) is 10.8. The Morgan fingerprint density at radius 2 is 1.66 bits per heavy atom. The fourth-order valence-electron chi connectivity index (χ4n) is 3.34. The van der Waals surface area contributed by atoms with Crippen molar-refractivity contribution in [2.75, 3.05) is 13.7 Å². The second-order valence-corrected chi connectivity index (χ2v) is 7.77. The standard InChI is InChI=1S/C26H28O9/c1-33-21-13-17(8-11-19(29)14-18(28)10-7-16-5-3-2-4-6-16)9-12-20(21)34-26-25(32)24(31)23(30)22(15-27)35-26/h2-14,22-27,29-32H,15H2,1H3/b10-7+,11-8+,19-14-/t22-,23-,24+,25-,26?/m1/s1. The number of carbonyl (C=O) groups excluding carboxylic acids is 1. The summed E-state index contributed by atoms with van der Waals surface area (Å²) in [6, 6.07) is 14.0. The van der Waals surface area contributed by atoms with E-state index in [4.69, 9.17) is 14.2 Å². The van der Waals surface area contributed by atoms with Crippen LogP contribution in [0.15, 0.2) is 72.5 Å². The topological polar surface area (TPSA) is 146 Å². The van der Waals surface area contributed by atoms with E-state index < -0.39 is 37.3 Å². The Kier molecular flexibility index (Phi) is 9.18. The van der Waals surface area contributed by atoms with Crippen LogP contribution in [0.3, 0.4) is 0 Å². The van der Waals surface area contributed by atoms with Gasteiger partial charge in [0.05, 0.1) is 13.7 Å². The summed E-state index contributed by atoms with van der Waals surface area (Å²) < 4.78 is 16.3. The molecule has 186 valence electrons. The first-order chi connectivity index (χ1) is 16.8. The van der Waals surface area contributed by atoms with Crippen molar-refractivity contribution in [2.45, 2.75) is 30.7 Å². The maximum Gasteiger partial charge on any atom is 0.229 e. The van der Waals surface area contributed by atoms with Gasteiger partial charge in [0.25, 0.3) is 0 Å². The molecule has 0 bridgehead atoms. The second-order valence-electron chi connectivity index (χ2n) is 7.77. The van der Waals surface area contributed by atoms with E-state index >= 15 is 0 Å². The molecule has 1 unspecified atom stereocenters. The Morgan fingerprint density at radius 3 is 2.34 bits per heavy atom. The van der Waals surface area contributed by atoms with Gasteiger partial charge >= 0.3 is 0 Å². The summed E-state index contributed by atoms with van der Waals surface area (Å²) in [7, 11) is 1.40. The van der Waals surface area contributed by atoms with Crippen LogP contribution in [0.1, 0.15) is 11.1 Å². The molecule has 1 saturated heterocycles. The molecule has 0 radical (unpaired) electrons. The average molecular weight is 485 g/mol. The fraction of sp³-hybridized carbons (Fsp3) is 0.269. The molecule has 35 heavy (non-hydrogen) atoms. The molecule has 9 nitrogen and oxygen atoms in total. The van der Waals surface area contributed by atoms with Gasteiger partial charge in [-0.1, -0.05) is 48.6 Å². The van der Waals surface area contributed by atoms with E-state index in [1.54, 1.807) is 24.3 Å². The van der Waals surface area contributed by atoms with Crippen LogP contribution in [0, 0.1) is 0 Å². The number of aliphatic hydroxyl groups excluding tert-OH is 5. The van der Waals surface area contributed by atoms with Gasteiger partial charge in [-0.25, -0.2) is 0 Å². The summed E-state index contributed by atoms with van der Waals surface area (Å²) >= 11 is 0. The van der Waals surface area contributed by atoms with Crippen molar-refractivity contribution in [1.82, 2.24) is 0 Å². The molecular weight excluding hydrogens is 456 g/mol. The molecule has 3 rings (SSSR count). The largest absolute Gasteiger partial charge is 0.508 e. The lowest BCUT2D eigenvalue weighted by Gasteiger charge is -2.39. The van der Waals surface area contributed by atoms with E-state index in [1.807, 2.05) is 30.3 Å². The highest BCUT2D eigenvalue weighted by molar-refractivity contribution is 6.02. The number of ether oxygens (including phenoxy) is 3. The SMILES string of the molecule is COc1cc(/C=C/C(O)=C/C(=O)/C=C/c2ccccc2)ccc1OC1O[C@H](CO)[C@@H](O)[C@H](O)[C@H]1O. The monoisotopic (exact) mass is 484 g/mol. The van der Waals surface area contributed by atoms with E-state index in [1.165, 1.54) is 25.3 Å². The predicted octanol–water partition coefficient (Wildman–Crippen LogP) is 1.61. The number of methoxy groups -OCH3 is 1. The van der Waals surface area contributed by atoms with Gasteiger partial charge < -0.3 is 39.7 Å². The van der Waals surface area contributed by atoms with Crippen LogP contribution in [-0.2, 0) is 9.53 Å². The molecule has 0 aliphatic carbocycles. The van der Waals surface area contributed by atoms with Gasteiger partial charge in [-0.3, -0.25) is 4.79 Å². The van der Waals surface area contributed by atoms with Crippen molar-refractivity contribution in [3.8, 4) is 11.5 Å². The summed E-state index contributed by atoms with van der Waals surface area (Å²) in [5.74, 6) is -0.186. The van der Waals surface area contributed by atoms with Gasteiger partial charge in [0.1, 0.15) is 30.2 Å². The predicted molar refractivity (Wildman–Crippen MR) is 128 cm³/mol. The number of aliphatic hydroxyl groups is 5. The summed E-state index contributed by atoms with van der Waals surface area (Å²) in [6.45, 7) is -0.576. The van der Waals surface area contributed by atoms with E-state index in [-0.39, 0.29) is 23.0 Å². The highest BCUT2D eigenvalue weighted by Crippen LogP contribution is 2.32. The Hall–Kier alpha value is -3.47. The van der Waals surface area contributed by atoms with Crippen LogP contribution in [0.25, 0.3) is 12.2 Å². The zero-order valence-corrected chi connectivity index (χ0v) is 19.0. The zero-order chi connectivity index (χ0) is 25.4. The summed E-state index contributed by atoms with van der Waals surface area (Å²) in [5.41, 5.74) is 1.47. The number of hydrogen-bond donors (Lipinski definition) is 5. The number of carbonyl (C=O) groups is 1. The van der Waals surface area contributed by atoms with Gasteiger partial charge in [-0.05, 0) is 35.4 Å².